The molecule has 0 amide bonds. The molecule has 2 aromatic carbocycles. The van der Waals surface area contributed by atoms with E-state index in [-0.39, 0.29) is 22.3 Å². The van der Waals surface area contributed by atoms with Crippen LogP contribution < -0.4 is 19.8 Å². The Kier molecular flexibility index (Phi) is 16.7. The Morgan fingerprint density at radius 2 is 1.29 bits per heavy atom. The molecule has 0 unspecified atom stereocenters. The van der Waals surface area contributed by atoms with E-state index in [0.29, 0.717) is 12.4 Å². The molecule has 1 fully saturated rings. The summed E-state index contributed by atoms with van der Waals surface area (Å²) < 4.78 is 51.2. The fourth-order valence-electron chi connectivity index (χ4n) is 6.16. The second-order valence-corrected chi connectivity index (χ2v) is 13.3. The molecule has 15 nitrogen and oxygen atoms in total. The Labute approximate surface area is 324 Å². The second-order valence-electron chi connectivity index (χ2n) is 13.3. The van der Waals surface area contributed by atoms with Gasteiger partial charge < -0.3 is 42.3 Å². The molecule has 304 valence electrons. The predicted octanol–water partition coefficient (Wildman–Crippen LogP) is 6.38. The van der Waals surface area contributed by atoms with Crippen molar-refractivity contribution in [2.45, 2.75) is 123 Å². The van der Waals surface area contributed by atoms with Gasteiger partial charge in [-0.25, -0.2) is 9.59 Å². The van der Waals surface area contributed by atoms with Crippen molar-refractivity contribution in [1.82, 2.24) is 0 Å². The highest BCUT2D eigenvalue weighted by Gasteiger charge is 2.53. The molecule has 0 spiro atoms. The number of hydrogen-bond acceptors (Lipinski definition) is 15. The van der Waals surface area contributed by atoms with Crippen LogP contribution in [0.5, 0.6) is 17.2 Å². The zero-order valence-corrected chi connectivity index (χ0v) is 32.4. The minimum absolute atomic E-state index is 0.0141. The van der Waals surface area contributed by atoms with E-state index < -0.39 is 78.5 Å². The highest BCUT2D eigenvalue weighted by molar-refractivity contribution is 5.93. The summed E-state index contributed by atoms with van der Waals surface area (Å²) in [6.07, 6.45) is 2.54. The van der Waals surface area contributed by atoms with Gasteiger partial charge in [-0.2, -0.15) is 0 Å². The summed E-state index contributed by atoms with van der Waals surface area (Å²) in [6, 6.07) is 12.4. The zero-order chi connectivity index (χ0) is 40.6. The van der Waals surface area contributed by atoms with Crippen molar-refractivity contribution < 1.29 is 66.3 Å². The van der Waals surface area contributed by atoms with Crippen LogP contribution in [0.15, 0.2) is 57.7 Å². The lowest BCUT2D eigenvalue weighted by molar-refractivity contribution is -0.288. The topological polar surface area (TPSA) is 189 Å². The van der Waals surface area contributed by atoms with Crippen molar-refractivity contribution in [3.63, 3.8) is 0 Å². The number of carbonyl (C=O) groups is 5. The molecule has 0 saturated carbocycles. The minimum atomic E-state index is -1.75. The number of hydrogen-bond donors (Lipinski definition) is 0. The third kappa shape index (κ3) is 12.8. The standard InChI is InChI=1S/C41H50O15/c1-6-7-8-9-10-11-12-13-17-22-48-30-20-21-31-32(23-30)53-40(47)37(55-39(46)29-18-15-14-16-19-29)34(31)56-41-38(52-28(5)45)36(51-27(4)44)35(50-26(3)43)33(54-41)24-49-25(2)42/h14-16,18-21,23,33,35-36,38,41H,6-13,17,22,24H2,1-5H3/t33-,35-,36+,38-,41+/m1/s1. The van der Waals surface area contributed by atoms with Gasteiger partial charge in [0, 0.05) is 33.8 Å². The normalized spacial score (nSPS) is 19.1. The Morgan fingerprint density at radius 1 is 0.679 bits per heavy atom. The van der Waals surface area contributed by atoms with Crippen molar-refractivity contribution in [2.24, 2.45) is 0 Å². The highest BCUT2D eigenvalue weighted by Crippen LogP contribution is 2.39. The smallest absolute Gasteiger partial charge is 0.383 e. The molecule has 1 saturated heterocycles. The van der Waals surface area contributed by atoms with Gasteiger partial charge >= 0.3 is 35.5 Å². The van der Waals surface area contributed by atoms with Crippen molar-refractivity contribution in [3.8, 4) is 17.2 Å². The van der Waals surface area contributed by atoms with Gasteiger partial charge in [-0.1, -0.05) is 76.5 Å². The maximum atomic E-state index is 13.6. The van der Waals surface area contributed by atoms with Gasteiger partial charge in [0.25, 0.3) is 5.75 Å². The molecule has 0 N–H and O–H groups in total. The van der Waals surface area contributed by atoms with E-state index in [1.54, 1.807) is 24.3 Å². The maximum absolute atomic E-state index is 13.6. The summed E-state index contributed by atoms with van der Waals surface area (Å²) in [6.45, 7) is 6.48. The van der Waals surface area contributed by atoms with Crippen molar-refractivity contribution >= 4 is 40.8 Å². The van der Waals surface area contributed by atoms with Crippen molar-refractivity contribution in [2.75, 3.05) is 13.2 Å². The Morgan fingerprint density at radius 3 is 1.91 bits per heavy atom. The fourth-order valence-corrected chi connectivity index (χ4v) is 6.16. The average molecular weight is 783 g/mol. The summed E-state index contributed by atoms with van der Waals surface area (Å²) in [5, 5.41) is 0.115. The van der Waals surface area contributed by atoms with Gasteiger partial charge in [0.15, 0.2) is 18.0 Å². The Balaban J connectivity index is 1.71. The number of esters is 5. The molecular weight excluding hydrogens is 732 g/mol. The Hall–Kier alpha value is -5.44. The summed E-state index contributed by atoms with van der Waals surface area (Å²) in [5.74, 6) is -4.83. The van der Waals surface area contributed by atoms with Crippen LogP contribution in [0.3, 0.4) is 0 Å². The first-order valence-electron chi connectivity index (χ1n) is 18.9. The van der Waals surface area contributed by atoms with E-state index in [1.165, 1.54) is 62.8 Å². The molecule has 0 radical (unpaired) electrons. The molecule has 0 bridgehead atoms. The van der Waals surface area contributed by atoms with Crippen LogP contribution in [-0.4, -0.2) is 73.8 Å². The van der Waals surface area contributed by atoms with Gasteiger partial charge in [0.05, 0.1) is 17.6 Å². The molecule has 3 aromatic rings. The zero-order valence-electron chi connectivity index (χ0n) is 32.4. The van der Waals surface area contributed by atoms with E-state index in [0.717, 1.165) is 47.0 Å². The second kappa shape index (κ2) is 21.6. The highest BCUT2D eigenvalue weighted by atomic mass is 16.7. The number of benzene rings is 2. The molecule has 5 atom stereocenters. The summed E-state index contributed by atoms with van der Waals surface area (Å²) in [7, 11) is 0. The van der Waals surface area contributed by atoms with Crippen LogP contribution in [-0.2, 0) is 42.9 Å². The summed E-state index contributed by atoms with van der Waals surface area (Å²) in [4.78, 5) is 75.7. The molecule has 4 rings (SSSR count). The quantitative estimate of drug-likeness (QED) is 0.0531. The number of carbonyl (C=O) groups excluding carboxylic acids is 5. The first-order valence-corrected chi connectivity index (χ1v) is 18.9. The predicted molar refractivity (Wildman–Crippen MR) is 199 cm³/mol. The van der Waals surface area contributed by atoms with Crippen molar-refractivity contribution in [1.29, 1.82) is 0 Å². The molecule has 1 aliphatic rings. The number of fused-ring (bicyclic) bond motifs is 1. The van der Waals surface area contributed by atoms with Crippen LogP contribution in [0.25, 0.3) is 11.0 Å². The monoisotopic (exact) mass is 782 g/mol. The maximum Gasteiger partial charge on any atom is 0.383 e. The van der Waals surface area contributed by atoms with Crippen LogP contribution >= 0.6 is 0 Å². The van der Waals surface area contributed by atoms with Gasteiger partial charge in [0.1, 0.15) is 24.0 Å². The molecule has 15 heteroatoms. The number of rotatable bonds is 20. The largest absolute Gasteiger partial charge is 0.493 e. The lowest BCUT2D eigenvalue weighted by atomic mass is 9.98. The Bertz CT molecular complexity index is 1850. The van der Waals surface area contributed by atoms with Crippen LogP contribution in [0.4, 0.5) is 0 Å². The van der Waals surface area contributed by atoms with E-state index >= 15 is 0 Å². The van der Waals surface area contributed by atoms with Crippen LogP contribution in [0.2, 0.25) is 0 Å². The van der Waals surface area contributed by atoms with Gasteiger partial charge in [-0.15, -0.1) is 0 Å². The average Bonchev–Trinajstić information content (AvgIpc) is 3.14. The molecule has 0 aliphatic carbocycles. The van der Waals surface area contributed by atoms with E-state index in [4.69, 9.17) is 42.3 Å². The van der Waals surface area contributed by atoms with E-state index in [1.807, 2.05) is 0 Å². The number of unbranched alkanes of at least 4 members (excludes halogenated alkanes) is 8. The van der Waals surface area contributed by atoms with Crippen molar-refractivity contribution in [3.05, 3.63) is 64.5 Å². The van der Waals surface area contributed by atoms with Gasteiger partial charge in [0.2, 0.25) is 12.4 Å². The van der Waals surface area contributed by atoms with Crippen LogP contribution in [0, 0.1) is 0 Å². The fraction of sp³-hybridized carbons (Fsp3) is 0.512. The van der Waals surface area contributed by atoms with Gasteiger partial charge in [-0.3, -0.25) is 19.2 Å². The summed E-state index contributed by atoms with van der Waals surface area (Å²) >= 11 is 0. The first-order chi connectivity index (χ1) is 26.9. The number of ether oxygens (including phenoxy) is 8. The molecule has 56 heavy (non-hydrogen) atoms. The molecule has 1 aromatic heterocycles. The SMILES string of the molecule is CCCCCCCCCCCOc1ccc2c(O[C@@H]3O[C@H](COC(C)=O)[C@@H](OC(C)=O)[C@H](OC(C)=O)[C@H]3OC(C)=O)c(OC(=O)c3ccccc3)c(=O)oc2c1. The summed E-state index contributed by atoms with van der Waals surface area (Å²) in [5.41, 5.74) is -1.02. The third-order valence-corrected chi connectivity index (χ3v) is 8.70. The molecule has 2 heterocycles. The molecule has 1 aliphatic heterocycles. The van der Waals surface area contributed by atoms with Gasteiger partial charge in [-0.05, 0) is 30.7 Å². The minimum Gasteiger partial charge on any atom is -0.493 e. The van der Waals surface area contributed by atoms with E-state index in [9.17, 15) is 28.8 Å². The first kappa shape index (κ1) is 43.3. The lowest BCUT2D eigenvalue weighted by Crippen LogP contribution is -2.63. The lowest BCUT2D eigenvalue weighted by Gasteiger charge is -2.44. The third-order valence-electron chi connectivity index (χ3n) is 8.70. The van der Waals surface area contributed by atoms with E-state index in [2.05, 4.69) is 6.92 Å². The van der Waals surface area contributed by atoms with Crippen LogP contribution in [0.1, 0.15) is 103 Å². The molecular formula is C41H50O15.